The number of methoxy groups -OCH3 is 1. The number of aryl methyl sites for hydroxylation is 1. The Bertz CT molecular complexity index is 2300. The molecule has 5 rings (SSSR count). The summed E-state index contributed by atoms with van der Waals surface area (Å²) in [5, 5.41) is 54.2. The van der Waals surface area contributed by atoms with Gasteiger partial charge in [-0.3, -0.25) is 4.55 Å². The predicted octanol–water partition coefficient (Wildman–Crippen LogP) is 12.2. The lowest BCUT2D eigenvalue weighted by Gasteiger charge is -2.29. The largest absolute Gasteiger partial charge is 0.505 e. The first-order valence-electron chi connectivity index (χ1n) is 20.7. The van der Waals surface area contributed by atoms with E-state index in [9.17, 15) is 28.3 Å². The number of phenolic OH excluding ortho intramolecular Hbond substituents is 1. The van der Waals surface area contributed by atoms with Crippen LogP contribution in [0.2, 0.25) is 0 Å². The van der Waals surface area contributed by atoms with E-state index in [1.165, 1.54) is 13.2 Å². The Morgan fingerprint density at radius 3 is 1.95 bits per heavy atom. The van der Waals surface area contributed by atoms with E-state index in [4.69, 9.17) is 4.74 Å². The summed E-state index contributed by atoms with van der Waals surface area (Å²) in [5.74, 6) is -0.210. The number of aliphatic hydroxyl groups is 2. The van der Waals surface area contributed by atoms with Crippen LogP contribution in [-0.2, 0) is 10.1 Å². The molecule has 0 aromatic heterocycles. The van der Waals surface area contributed by atoms with Gasteiger partial charge in [-0.25, -0.2) is 0 Å². The molecule has 2 atom stereocenters. The molecule has 5 aromatic carbocycles. The fourth-order valence-corrected chi connectivity index (χ4v) is 7.62. The van der Waals surface area contributed by atoms with Crippen molar-refractivity contribution in [3.63, 3.8) is 0 Å². The molecular weight excluding hydrogens is 781 g/mol. The van der Waals surface area contributed by atoms with Gasteiger partial charge in [-0.2, -0.15) is 18.6 Å². The first kappa shape index (κ1) is 45.7. The van der Waals surface area contributed by atoms with Crippen molar-refractivity contribution in [3.8, 4) is 11.5 Å². The molecule has 5 aromatic rings. The standard InChI is InChI=1S/C46H58N6O7S/c1-5-7-9-14-18-38(53)30-52(31-39(54)19-15-10-8-6-2)37-23-20-35(21-24-37)48-49-41-29-43(59-4)42(26-32(41)3)50-51-45-44(60(56,57)58)28-33-27-36(22-25-40(33)46(45)55)47-34-16-12-11-13-17-34/h11-13,16-17,20-29,38-39,47,53-55H,5-10,14-15,18-19,30-31H2,1-4H3,(H,56,57,58). The number of ether oxygens (including phenoxy) is 1. The second-order valence-corrected chi connectivity index (χ2v) is 16.5. The third-order valence-corrected chi connectivity index (χ3v) is 11.1. The minimum atomic E-state index is -4.84. The number of azo groups is 2. The first-order valence-corrected chi connectivity index (χ1v) is 22.2. The zero-order valence-electron chi connectivity index (χ0n) is 35.0. The fraction of sp³-hybridized carbons (Fsp3) is 0.391. The number of rotatable bonds is 23. The van der Waals surface area contributed by atoms with Crippen molar-refractivity contribution >= 4 is 60.7 Å². The molecule has 0 aliphatic carbocycles. The minimum absolute atomic E-state index is 0.224. The number of benzene rings is 5. The summed E-state index contributed by atoms with van der Waals surface area (Å²) in [6.45, 7) is 6.98. The Morgan fingerprint density at radius 2 is 1.35 bits per heavy atom. The molecule has 0 saturated carbocycles. The molecule has 60 heavy (non-hydrogen) atoms. The highest BCUT2D eigenvalue weighted by Crippen LogP contribution is 2.44. The Kier molecular flexibility index (Phi) is 16.9. The van der Waals surface area contributed by atoms with Gasteiger partial charge in [0.15, 0.2) is 5.75 Å². The van der Waals surface area contributed by atoms with Crippen LogP contribution >= 0.6 is 0 Å². The Morgan fingerprint density at radius 1 is 0.717 bits per heavy atom. The minimum Gasteiger partial charge on any atom is -0.505 e. The molecule has 320 valence electrons. The van der Waals surface area contributed by atoms with E-state index in [-0.39, 0.29) is 11.4 Å². The Balaban J connectivity index is 1.34. The van der Waals surface area contributed by atoms with Crippen LogP contribution in [0.3, 0.4) is 0 Å². The molecule has 0 heterocycles. The lowest BCUT2D eigenvalue weighted by atomic mass is 10.1. The molecule has 0 amide bonds. The van der Waals surface area contributed by atoms with E-state index in [1.807, 2.05) is 54.6 Å². The van der Waals surface area contributed by atoms with E-state index in [2.05, 4.69) is 44.5 Å². The summed E-state index contributed by atoms with van der Waals surface area (Å²) in [6.07, 6.45) is 9.11. The van der Waals surface area contributed by atoms with E-state index in [0.717, 1.165) is 62.7 Å². The molecule has 13 nitrogen and oxygen atoms in total. The van der Waals surface area contributed by atoms with Gasteiger partial charge < -0.3 is 30.3 Å². The first-order chi connectivity index (χ1) is 28.9. The maximum Gasteiger partial charge on any atom is 0.296 e. The van der Waals surface area contributed by atoms with Gasteiger partial charge in [0.05, 0.1) is 30.7 Å². The van der Waals surface area contributed by atoms with Crippen molar-refractivity contribution in [2.75, 3.05) is 30.4 Å². The monoisotopic (exact) mass is 838 g/mol. The molecule has 0 aliphatic rings. The van der Waals surface area contributed by atoms with Crippen molar-refractivity contribution in [1.82, 2.24) is 0 Å². The lowest BCUT2D eigenvalue weighted by Crippen LogP contribution is -2.38. The second kappa shape index (κ2) is 22.3. The van der Waals surface area contributed by atoms with E-state index < -0.39 is 38.7 Å². The third kappa shape index (κ3) is 13.0. The van der Waals surface area contributed by atoms with Gasteiger partial charge >= 0.3 is 0 Å². The van der Waals surface area contributed by atoms with Crippen LogP contribution in [-0.4, -0.2) is 60.7 Å². The van der Waals surface area contributed by atoms with Gasteiger partial charge in [0.25, 0.3) is 10.1 Å². The van der Waals surface area contributed by atoms with Crippen LogP contribution in [0.25, 0.3) is 10.8 Å². The average Bonchev–Trinajstić information content (AvgIpc) is 3.23. The van der Waals surface area contributed by atoms with Crippen molar-refractivity contribution in [3.05, 3.63) is 96.6 Å². The van der Waals surface area contributed by atoms with Crippen LogP contribution < -0.4 is 15.0 Å². The molecule has 0 fully saturated rings. The number of aliphatic hydroxyl groups excluding tert-OH is 2. The molecule has 0 radical (unpaired) electrons. The van der Waals surface area contributed by atoms with Gasteiger partial charge in [0, 0.05) is 41.6 Å². The SMILES string of the molecule is CCCCCCC(O)CN(CC(O)CCCCCC)c1ccc(N=Nc2cc(OC)c(N=Nc3c(S(=O)(=O)O)cc4cc(Nc5ccccc5)ccc4c3O)cc2C)cc1. The van der Waals surface area contributed by atoms with Gasteiger partial charge in [-0.05, 0) is 97.4 Å². The number of unbranched alkanes of at least 4 members (excludes halogenated alkanes) is 6. The quantitative estimate of drug-likeness (QED) is 0.0242. The number of aromatic hydroxyl groups is 1. The van der Waals surface area contributed by atoms with Gasteiger partial charge in [-0.1, -0.05) is 83.4 Å². The van der Waals surface area contributed by atoms with E-state index in [0.29, 0.717) is 59.3 Å². The van der Waals surface area contributed by atoms with E-state index in [1.54, 1.807) is 37.3 Å². The third-order valence-electron chi connectivity index (χ3n) is 10.3. The Hall–Kier alpha value is -5.41. The van der Waals surface area contributed by atoms with Gasteiger partial charge in [-0.15, -0.1) is 10.2 Å². The maximum atomic E-state index is 12.5. The fourth-order valence-electron chi connectivity index (χ4n) is 6.96. The summed E-state index contributed by atoms with van der Waals surface area (Å²) in [5.41, 5.74) is 3.87. The van der Waals surface area contributed by atoms with Gasteiger partial charge in [0.1, 0.15) is 22.0 Å². The predicted molar refractivity (Wildman–Crippen MR) is 239 cm³/mol. The average molecular weight is 839 g/mol. The number of hydrogen-bond donors (Lipinski definition) is 5. The van der Waals surface area contributed by atoms with Crippen molar-refractivity contribution in [2.45, 2.75) is 102 Å². The molecule has 0 saturated heterocycles. The number of fused-ring (bicyclic) bond motifs is 1. The van der Waals surface area contributed by atoms with Crippen molar-refractivity contribution in [1.29, 1.82) is 0 Å². The second-order valence-electron chi connectivity index (χ2n) is 15.1. The summed E-state index contributed by atoms with van der Waals surface area (Å²) >= 11 is 0. The summed E-state index contributed by atoms with van der Waals surface area (Å²) in [7, 11) is -3.39. The number of hydrogen-bond acceptors (Lipinski definition) is 12. The van der Waals surface area contributed by atoms with Crippen molar-refractivity contribution < 1.29 is 33.0 Å². The molecular formula is C46H58N6O7S. The molecule has 2 unspecified atom stereocenters. The zero-order chi connectivity index (χ0) is 43.1. The summed E-state index contributed by atoms with van der Waals surface area (Å²) in [4.78, 5) is 1.44. The topological polar surface area (TPSA) is 189 Å². The molecule has 0 bridgehead atoms. The molecule has 5 N–H and O–H groups in total. The van der Waals surface area contributed by atoms with Crippen LogP contribution in [0, 0.1) is 6.92 Å². The van der Waals surface area contributed by atoms with Gasteiger partial charge in [0.2, 0.25) is 0 Å². The number of phenols is 1. The smallest absolute Gasteiger partial charge is 0.296 e. The van der Waals surface area contributed by atoms with Crippen molar-refractivity contribution in [2.24, 2.45) is 20.5 Å². The van der Waals surface area contributed by atoms with Crippen LogP contribution in [0.4, 0.5) is 39.8 Å². The highest BCUT2D eigenvalue weighted by Gasteiger charge is 2.23. The number of para-hydroxylation sites is 1. The zero-order valence-corrected chi connectivity index (χ0v) is 35.8. The van der Waals surface area contributed by atoms with Crippen LogP contribution in [0.15, 0.2) is 116 Å². The van der Waals surface area contributed by atoms with Crippen LogP contribution in [0.1, 0.15) is 83.6 Å². The number of nitrogens with zero attached hydrogens (tertiary/aromatic N) is 5. The molecule has 0 aliphatic heterocycles. The number of anilines is 3. The van der Waals surface area contributed by atoms with Crippen LogP contribution in [0.5, 0.6) is 11.5 Å². The molecule has 0 spiro atoms. The lowest BCUT2D eigenvalue weighted by molar-refractivity contribution is 0.145. The maximum absolute atomic E-state index is 12.5. The molecule has 14 heteroatoms. The Labute approximate surface area is 353 Å². The normalized spacial score (nSPS) is 13.0. The summed E-state index contributed by atoms with van der Waals surface area (Å²) < 4.78 is 40.8. The highest BCUT2D eigenvalue weighted by molar-refractivity contribution is 7.86. The summed E-state index contributed by atoms with van der Waals surface area (Å²) in [6, 6.07) is 26.4. The highest BCUT2D eigenvalue weighted by atomic mass is 32.2. The number of nitrogens with one attached hydrogen (secondary N) is 1. The van der Waals surface area contributed by atoms with E-state index >= 15 is 0 Å².